The zero-order chi connectivity index (χ0) is 19.3. The number of hydrogen-bond acceptors (Lipinski definition) is 5. The molecule has 6 heteroatoms. The topological polar surface area (TPSA) is 67.4 Å². The van der Waals surface area contributed by atoms with E-state index in [0.29, 0.717) is 24.1 Å². The Labute approximate surface area is 165 Å². The highest BCUT2D eigenvalue weighted by Gasteiger charge is 2.63. The van der Waals surface area contributed by atoms with Gasteiger partial charge in [-0.25, -0.2) is 9.97 Å². The van der Waals surface area contributed by atoms with Crippen LogP contribution in [0.3, 0.4) is 0 Å². The Balaban J connectivity index is 1.30. The molecular weight excluding hydrogens is 352 g/mol. The molecule has 3 aliphatic heterocycles. The molecule has 0 aromatic carbocycles. The first-order chi connectivity index (χ1) is 13.5. The third kappa shape index (κ3) is 2.87. The van der Waals surface area contributed by atoms with Gasteiger partial charge in [-0.05, 0) is 56.5 Å². The average molecular weight is 378 g/mol. The van der Waals surface area contributed by atoms with Crippen LogP contribution in [-0.4, -0.2) is 47.2 Å². The SMILES string of the molecule is Cc1ccnc(N2C[C@@H]3[C@H](CNC(=O)c4cccc(C)n4)[C@H]4CC[C@]3(C2)O4)c1. The summed E-state index contributed by atoms with van der Waals surface area (Å²) in [6.45, 7) is 6.47. The highest BCUT2D eigenvalue weighted by atomic mass is 16.5. The number of aryl methyl sites for hydroxylation is 2. The lowest BCUT2D eigenvalue weighted by Gasteiger charge is -2.29. The molecule has 0 aliphatic carbocycles. The van der Waals surface area contributed by atoms with Crippen molar-refractivity contribution in [1.29, 1.82) is 0 Å². The number of rotatable bonds is 4. The van der Waals surface area contributed by atoms with Gasteiger partial charge >= 0.3 is 0 Å². The minimum absolute atomic E-state index is 0.0763. The van der Waals surface area contributed by atoms with Crippen LogP contribution in [0.2, 0.25) is 0 Å². The molecule has 1 N–H and O–H groups in total. The van der Waals surface area contributed by atoms with E-state index in [-0.39, 0.29) is 17.6 Å². The van der Waals surface area contributed by atoms with Gasteiger partial charge in [-0.2, -0.15) is 0 Å². The predicted octanol–water partition coefficient (Wildman–Crippen LogP) is 2.51. The van der Waals surface area contributed by atoms with E-state index in [1.54, 1.807) is 6.07 Å². The molecule has 3 fully saturated rings. The normalized spacial score (nSPS) is 30.5. The van der Waals surface area contributed by atoms with Crippen LogP contribution in [0.1, 0.15) is 34.6 Å². The molecule has 3 aliphatic rings. The van der Waals surface area contributed by atoms with Crippen molar-refractivity contribution in [2.45, 2.75) is 38.4 Å². The Bertz CT molecular complexity index is 917. The lowest BCUT2D eigenvalue weighted by atomic mass is 9.73. The van der Waals surface area contributed by atoms with E-state index in [2.05, 4.69) is 33.2 Å². The summed E-state index contributed by atoms with van der Waals surface area (Å²) < 4.78 is 6.50. The van der Waals surface area contributed by atoms with E-state index in [9.17, 15) is 4.79 Å². The van der Waals surface area contributed by atoms with Gasteiger partial charge in [-0.3, -0.25) is 4.79 Å². The van der Waals surface area contributed by atoms with Crippen molar-refractivity contribution in [2.75, 3.05) is 24.5 Å². The van der Waals surface area contributed by atoms with Gasteiger partial charge in [0.2, 0.25) is 0 Å². The first kappa shape index (κ1) is 17.6. The van der Waals surface area contributed by atoms with Crippen LogP contribution < -0.4 is 10.2 Å². The van der Waals surface area contributed by atoms with Gasteiger partial charge in [-0.1, -0.05) is 6.07 Å². The number of amides is 1. The van der Waals surface area contributed by atoms with Crippen molar-refractivity contribution in [3.63, 3.8) is 0 Å². The van der Waals surface area contributed by atoms with Gasteiger partial charge < -0.3 is 15.0 Å². The van der Waals surface area contributed by atoms with Crippen molar-refractivity contribution >= 4 is 11.7 Å². The summed E-state index contributed by atoms with van der Waals surface area (Å²) in [4.78, 5) is 23.8. The second-order valence-electron chi connectivity index (χ2n) is 8.48. The summed E-state index contributed by atoms with van der Waals surface area (Å²) in [6, 6.07) is 9.71. The number of pyridine rings is 2. The molecule has 6 nitrogen and oxygen atoms in total. The molecule has 0 unspecified atom stereocenters. The maximum Gasteiger partial charge on any atom is 0.269 e. The number of anilines is 1. The molecule has 2 aromatic rings. The number of fused-ring (bicyclic) bond motifs is 1. The number of nitrogens with one attached hydrogen (secondary N) is 1. The van der Waals surface area contributed by atoms with Gasteiger partial charge in [0.05, 0.1) is 11.7 Å². The van der Waals surface area contributed by atoms with Gasteiger partial charge in [0.1, 0.15) is 11.5 Å². The molecule has 1 spiro atoms. The van der Waals surface area contributed by atoms with Crippen molar-refractivity contribution in [1.82, 2.24) is 15.3 Å². The third-order valence-corrected chi connectivity index (χ3v) is 6.63. The summed E-state index contributed by atoms with van der Waals surface area (Å²) in [6.07, 6.45) is 4.31. The molecule has 1 amide bonds. The second kappa shape index (κ2) is 6.55. The summed E-state index contributed by atoms with van der Waals surface area (Å²) in [7, 11) is 0. The van der Waals surface area contributed by atoms with Crippen LogP contribution in [0, 0.1) is 25.7 Å². The number of nitrogens with zero attached hydrogens (tertiary/aromatic N) is 3. The average Bonchev–Trinajstić information content (AvgIpc) is 3.34. The first-order valence-corrected chi connectivity index (χ1v) is 10.1. The Morgan fingerprint density at radius 2 is 2.25 bits per heavy atom. The number of carbonyl (C=O) groups excluding carboxylic acids is 1. The summed E-state index contributed by atoms with van der Waals surface area (Å²) in [5.74, 6) is 1.70. The van der Waals surface area contributed by atoms with Crippen LogP contribution in [0.4, 0.5) is 5.82 Å². The Kier molecular flexibility index (Phi) is 4.12. The molecule has 2 bridgehead atoms. The first-order valence-electron chi connectivity index (χ1n) is 10.1. The molecular formula is C22H26N4O2. The maximum absolute atomic E-state index is 12.5. The lowest BCUT2D eigenvalue weighted by Crippen LogP contribution is -2.42. The molecule has 28 heavy (non-hydrogen) atoms. The van der Waals surface area contributed by atoms with Gasteiger partial charge in [0, 0.05) is 43.4 Å². The molecule has 4 atom stereocenters. The molecule has 3 saturated heterocycles. The summed E-state index contributed by atoms with van der Waals surface area (Å²) >= 11 is 0. The van der Waals surface area contributed by atoms with E-state index in [1.165, 1.54) is 5.56 Å². The van der Waals surface area contributed by atoms with E-state index >= 15 is 0 Å². The second-order valence-corrected chi connectivity index (χ2v) is 8.48. The zero-order valence-electron chi connectivity index (χ0n) is 16.4. The molecule has 0 radical (unpaired) electrons. The Morgan fingerprint density at radius 1 is 1.36 bits per heavy atom. The number of hydrogen-bond donors (Lipinski definition) is 1. The minimum atomic E-state index is -0.101. The zero-order valence-corrected chi connectivity index (χ0v) is 16.4. The summed E-state index contributed by atoms with van der Waals surface area (Å²) in [5, 5.41) is 3.11. The van der Waals surface area contributed by atoms with Crippen LogP contribution in [-0.2, 0) is 4.74 Å². The predicted molar refractivity (Wildman–Crippen MR) is 106 cm³/mol. The fourth-order valence-corrected chi connectivity index (χ4v) is 5.30. The Morgan fingerprint density at radius 3 is 3.07 bits per heavy atom. The fourth-order valence-electron chi connectivity index (χ4n) is 5.30. The van der Waals surface area contributed by atoms with Crippen molar-refractivity contribution in [3.05, 3.63) is 53.5 Å². The number of aromatic nitrogens is 2. The highest BCUT2D eigenvalue weighted by molar-refractivity contribution is 5.92. The van der Waals surface area contributed by atoms with Crippen LogP contribution in [0.25, 0.3) is 0 Å². The van der Waals surface area contributed by atoms with Crippen molar-refractivity contribution < 1.29 is 9.53 Å². The summed E-state index contributed by atoms with van der Waals surface area (Å²) in [5.41, 5.74) is 2.48. The smallest absolute Gasteiger partial charge is 0.269 e. The standard InChI is InChI=1S/C22H26N4O2/c1-14-7-9-23-20(10-14)26-12-17-16(19-6-8-22(17,13-26)28-19)11-24-21(27)18-5-3-4-15(2)25-18/h3-5,7,9-10,16-17,19H,6,8,11-13H2,1-2H3,(H,24,27)/t16-,17+,19+,22+/m0/s1. The molecule has 0 saturated carbocycles. The third-order valence-electron chi connectivity index (χ3n) is 6.63. The van der Waals surface area contributed by atoms with Crippen LogP contribution in [0.5, 0.6) is 0 Å². The Hall–Kier alpha value is -2.47. The number of ether oxygens (including phenoxy) is 1. The van der Waals surface area contributed by atoms with Crippen molar-refractivity contribution in [3.8, 4) is 0 Å². The maximum atomic E-state index is 12.5. The van der Waals surface area contributed by atoms with Gasteiger partial charge in [-0.15, -0.1) is 0 Å². The van der Waals surface area contributed by atoms with Crippen LogP contribution in [0.15, 0.2) is 36.5 Å². The fraction of sp³-hybridized carbons (Fsp3) is 0.500. The molecule has 5 rings (SSSR count). The number of carbonyl (C=O) groups is 1. The minimum Gasteiger partial charge on any atom is -0.369 e. The lowest BCUT2D eigenvalue weighted by molar-refractivity contribution is 0.0141. The monoisotopic (exact) mass is 378 g/mol. The largest absolute Gasteiger partial charge is 0.369 e. The van der Waals surface area contributed by atoms with E-state index in [1.807, 2.05) is 31.3 Å². The molecule has 2 aromatic heterocycles. The van der Waals surface area contributed by atoms with Gasteiger partial charge in [0.25, 0.3) is 5.91 Å². The van der Waals surface area contributed by atoms with Crippen LogP contribution >= 0.6 is 0 Å². The quantitative estimate of drug-likeness (QED) is 0.885. The van der Waals surface area contributed by atoms with E-state index < -0.39 is 0 Å². The van der Waals surface area contributed by atoms with E-state index in [0.717, 1.165) is 37.4 Å². The highest BCUT2D eigenvalue weighted by Crippen LogP contribution is 2.55. The molecule has 146 valence electrons. The van der Waals surface area contributed by atoms with E-state index in [4.69, 9.17) is 4.74 Å². The van der Waals surface area contributed by atoms with Crippen molar-refractivity contribution in [2.24, 2.45) is 11.8 Å². The molecule has 5 heterocycles. The van der Waals surface area contributed by atoms with Gasteiger partial charge in [0.15, 0.2) is 0 Å².